The van der Waals surface area contributed by atoms with Crippen LogP contribution in [0.25, 0.3) is 0 Å². The third kappa shape index (κ3) is 3.08. The Morgan fingerprint density at radius 2 is 1.20 bits per heavy atom. The van der Waals surface area contributed by atoms with E-state index in [2.05, 4.69) is 48.5 Å². The zero-order valence-corrected chi connectivity index (χ0v) is 14.1. The summed E-state index contributed by atoms with van der Waals surface area (Å²) in [7, 11) is 0. The molecule has 1 fully saturated rings. The van der Waals surface area contributed by atoms with Crippen molar-refractivity contribution >= 4 is 11.6 Å². The van der Waals surface area contributed by atoms with Gasteiger partial charge in [-0.25, -0.2) is 0 Å². The number of nitrogens with zero attached hydrogens (tertiary/aromatic N) is 1. The fourth-order valence-electron chi connectivity index (χ4n) is 3.90. The van der Waals surface area contributed by atoms with Crippen LogP contribution in [0, 0.1) is 0 Å². The number of benzene rings is 3. The Bertz CT molecular complexity index is 790. The number of carbonyl (C=O) groups is 1. The second kappa shape index (κ2) is 6.94. The van der Waals surface area contributed by atoms with Gasteiger partial charge in [-0.05, 0) is 29.7 Å². The average molecular weight is 327 g/mol. The molecule has 3 aromatic rings. The van der Waals surface area contributed by atoms with E-state index in [-0.39, 0.29) is 17.9 Å². The molecule has 0 N–H and O–H groups in total. The van der Waals surface area contributed by atoms with Gasteiger partial charge in [0.05, 0.1) is 0 Å². The van der Waals surface area contributed by atoms with E-state index < -0.39 is 0 Å². The molecule has 0 radical (unpaired) electrons. The number of amides is 1. The number of para-hydroxylation sites is 1. The van der Waals surface area contributed by atoms with Crippen molar-refractivity contribution in [3.05, 3.63) is 102 Å². The van der Waals surface area contributed by atoms with E-state index in [9.17, 15) is 4.79 Å². The number of hydrogen-bond donors (Lipinski definition) is 0. The number of rotatable bonds is 4. The van der Waals surface area contributed by atoms with Gasteiger partial charge in [0.1, 0.15) is 0 Å². The van der Waals surface area contributed by atoms with Crippen LogP contribution in [-0.2, 0) is 4.79 Å². The normalized spacial score (nSPS) is 17.2. The first-order chi connectivity index (χ1) is 12.3. The van der Waals surface area contributed by atoms with Crippen LogP contribution in [0.15, 0.2) is 91.0 Å². The lowest BCUT2D eigenvalue weighted by molar-refractivity contribution is -0.117. The fraction of sp³-hybridized carbons (Fsp3) is 0.174. The average Bonchev–Trinajstić information content (AvgIpc) is 3.05. The standard InChI is InChI=1S/C23H21NO/c25-22-17-16-21(24(22)20-14-8-3-9-15-20)23(18-10-4-1-5-11-18)19-12-6-2-7-13-19/h1-15,21,23H,16-17H2. The Morgan fingerprint density at radius 3 is 1.72 bits per heavy atom. The van der Waals surface area contributed by atoms with Crippen LogP contribution in [0.2, 0.25) is 0 Å². The van der Waals surface area contributed by atoms with Gasteiger partial charge in [-0.1, -0.05) is 78.9 Å². The summed E-state index contributed by atoms with van der Waals surface area (Å²) in [6.07, 6.45) is 1.48. The summed E-state index contributed by atoms with van der Waals surface area (Å²) >= 11 is 0. The summed E-state index contributed by atoms with van der Waals surface area (Å²) in [5, 5.41) is 0. The van der Waals surface area contributed by atoms with Gasteiger partial charge in [-0.3, -0.25) is 4.79 Å². The van der Waals surface area contributed by atoms with Crippen molar-refractivity contribution in [3.63, 3.8) is 0 Å². The summed E-state index contributed by atoms with van der Waals surface area (Å²) in [4.78, 5) is 14.7. The lowest BCUT2D eigenvalue weighted by Gasteiger charge is -2.32. The molecule has 1 heterocycles. The van der Waals surface area contributed by atoms with E-state index in [0.717, 1.165) is 12.1 Å². The molecule has 1 atom stereocenters. The molecule has 0 aliphatic carbocycles. The van der Waals surface area contributed by atoms with Gasteiger partial charge in [0.25, 0.3) is 0 Å². The van der Waals surface area contributed by atoms with Gasteiger partial charge < -0.3 is 4.90 Å². The van der Waals surface area contributed by atoms with Crippen molar-refractivity contribution in [2.75, 3.05) is 4.90 Å². The zero-order valence-electron chi connectivity index (χ0n) is 14.1. The topological polar surface area (TPSA) is 20.3 Å². The van der Waals surface area contributed by atoms with Crippen molar-refractivity contribution < 1.29 is 4.79 Å². The van der Waals surface area contributed by atoms with Crippen LogP contribution >= 0.6 is 0 Å². The van der Waals surface area contributed by atoms with Gasteiger partial charge >= 0.3 is 0 Å². The molecule has 124 valence electrons. The molecule has 4 rings (SSSR count). The molecule has 3 aromatic carbocycles. The quantitative estimate of drug-likeness (QED) is 0.659. The Kier molecular flexibility index (Phi) is 4.34. The minimum atomic E-state index is 0.139. The van der Waals surface area contributed by atoms with E-state index in [1.165, 1.54) is 11.1 Å². The molecular weight excluding hydrogens is 306 g/mol. The molecule has 1 unspecified atom stereocenters. The maximum Gasteiger partial charge on any atom is 0.227 e. The highest BCUT2D eigenvalue weighted by Gasteiger charge is 2.38. The molecule has 0 saturated carbocycles. The van der Waals surface area contributed by atoms with Crippen molar-refractivity contribution in [1.82, 2.24) is 0 Å². The van der Waals surface area contributed by atoms with Crippen molar-refractivity contribution in [2.45, 2.75) is 24.8 Å². The van der Waals surface area contributed by atoms with E-state index in [4.69, 9.17) is 0 Å². The van der Waals surface area contributed by atoms with Crippen LogP contribution in [0.5, 0.6) is 0 Å². The summed E-state index contributed by atoms with van der Waals surface area (Å²) < 4.78 is 0. The molecule has 0 spiro atoms. The maximum atomic E-state index is 12.7. The van der Waals surface area contributed by atoms with E-state index >= 15 is 0 Å². The van der Waals surface area contributed by atoms with E-state index in [0.29, 0.717) is 6.42 Å². The van der Waals surface area contributed by atoms with Gasteiger partial charge in [0, 0.05) is 24.1 Å². The minimum absolute atomic E-state index is 0.139. The van der Waals surface area contributed by atoms with Crippen LogP contribution in [0.4, 0.5) is 5.69 Å². The molecule has 1 aliphatic rings. The van der Waals surface area contributed by atoms with Crippen molar-refractivity contribution in [3.8, 4) is 0 Å². The fourth-order valence-corrected chi connectivity index (χ4v) is 3.90. The monoisotopic (exact) mass is 327 g/mol. The molecule has 2 nitrogen and oxygen atoms in total. The molecule has 0 aromatic heterocycles. The molecule has 1 saturated heterocycles. The molecule has 1 amide bonds. The number of hydrogen-bond acceptors (Lipinski definition) is 1. The van der Waals surface area contributed by atoms with Crippen molar-refractivity contribution in [2.24, 2.45) is 0 Å². The Morgan fingerprint density at radius 1 is 0.720 bits per heavy atom. The smallest absolute Gasteiger partial charge is 0.227 e. The van der Waals surface area contributed by atoms with Crippen LogP contribution in [0.3, 0.4) is 0 Å². The first-order valence-electron chi connectivity index (χ1n) is 8.81. The summed E-state index contributed by atoms with van der Waals surface area (Å²) in [5.74, 6) is 0.391. The Hall–Kier alpha value is -2.87. The Balaban J connectivity index is 1.80. The Labute approximate surface area is 148 Å². The largest absolute Gasteiger partial charge is 0.308 e. The highest BCUT2D eigenvalue weighted by molar-refractivity contribution is 5.96. The minimum Gasteiger partial charge on any atom is -0.308 e. The van der Waals surface area contributed by atoms with E-state index in [1.807, 2.05) is 47.4 Å². The highest BCUT2D eigenvalue weighted by atomic mass is 16.2. The first kappa shape index (κ1) is 15.6. The highest BCUT2D eigenvalue weighted by Crippen LogP contribution is 2.39. The van der Waals surface area contributed by atoms with Gasteiger partial charge in [0.15, 0.2) is 0 Å². The van der Waals surface area contributed by atoms with Crippen LogP contribution in [0.1, 0.15) is 29.9 Å². The van der Waals surface area contributed by atoms with Gasteiger partial charge in [0.2, 0.25) is 5.91 Å². The van der Waals surface area contributed by atoms with E-state index in [1.54, 1.807) is 0 Å². The van der Waals surface area contributed by atoms with Gasteiger partial charge in [-0.15, -0.1) is 0 Å². The maximum absolute atomic E-state index is 12.7. The third-order valence-corrected chi connectivity index (χ3v) is 4.99. The lowest BCUT2D eigenvalue weighted by atomic mass is 9.83. The zero-order chi connectivity index (χ0) is 17.1. The molecule has 0 bridgehead atoms. The molecular formula is C23H21NO. The third-order valence-electron chi connectivity index (χ3n) is 4.99. The summed E-state index contributed by atoms with van der Waals surface area (Å²) in [5.41, 5.74) is 3.51. The predicted octanol–water partition coefficient (Wildman–Crippen LogP) is 5.01. The first-order valence-corrected chi connectivity index (χ1v) is 8.81. The van der Waals surface area contributed by atoms with Gasteiger partial charge in [-0.2, -0.15) is 0 Å². The molecule has 2 heteroatoms. The summed E-state index contributed by atoms with van der Waals surface area (Å²) in [6, 6.07) is 31.3. The predicted molar refractivity (Wildman–Crippen MR) is 102 cm³/mol. The lowest BCUT2D eigenvalue weighted by Crippen LogP contribution is -2.37. The summed E-state index contributed by atoms with van der Waals surface area (Å²) in [6.45, 7) is 0. The number of anilines is 1. The second-order valence-electron chi connectivity index (χ2n) is 6.50. The van der Waals surface area contributed by atoms with Crippen LogP contribution < -0.4 is 4.90 Å². The second-order valence-corrected chi connectivity index (χ2v) is 6.50. The van der Waals surface area contributed by atoms with Crippen molar-refractivity contribution in [1.29, 1.82) is 0 Å². The van der Waals surface area contributed by atoms with Crippen LogP contribution in [-0.4, -0.2) is 11.9 Å². The molecule has 25 heavy (non-hydrogen) atoms. The number of carbonyl (C=O) groups excluding carboxylic acids is 1. The molecule has 1 aliphatic heterocycles. The SMILES string of the molecule is O=C1CCC(C(c2ccccc2)c2ccccc2)N1c1ccccc1.